The highest BCUT2D eigenvalue weighted by molar-refractivity contribution is 5.68. The average molecular weight is 247 g/mol. The van der Waals surface area contributed by atoms with Crippen LogP contribution in [0.3, 0.4) is 0 Å². The third-order valence-corrected chi connectivity index (χ3v) is 1.78. The number of alkyl carbamates (subject to hydrolysis) is 1. The first-order chi connectivity index (χ1) is 7.70. The topological polar surface area (TPSA) is 114 Å². The summed E-state index contributed by atoms with van der Waals surface area (Å²) >= 11 is 0. The van der Waals surface area contributed by atoms with Crippen molar-refractivity contribution in [1.29, 1.82) is 0 Å². The molecule has 7 nitrogen and oxygen atoms in total. The van der Waals surface area contributed by atoms with Crippen molar-refractivity contribution in [3.8, 4) is 0 Å². The zero-order valence-electron chi connectivity index (χ0n) is 10.4. The Hall–Kier alpha value is -1.50. The molecule has 7 heteroatoms. The third-order valence-electron chi connectivity index (χ3n) is 1.78. The van der Waals surface area contributed by atoms with E-state index in [0.717, 1.165) is 19.5 Å². The SMILES string of the molecule is CC(C)(C)OC(=O)N[C@H]1CCNC1.NC(=O)O. The molecule has 2 amide bonds. The quantitative estimate of drug-likeness (QED) is 0.538. The van der Waals surface area contributed by atoms with E-state index in [-0.39, 0.29) is 12.1 Å². The molecule has 0 saturated carbocycles. The first-order valence-electron chi connectivity index (χ1n) is 5.39. The lowest BCUT2D eigenvalue weighted by Crippen LogP contribution is -2.40. The molecular formula is C10H21N3O4. The Morgan fingerprint density at radius 2 is 2.00 bits per heavy atom. The van der Waals surface area contributed by atoms with Gasteiger partial charge < -0.3 is 26.2 Å². The lowest BCUT2D eigenvalue weighted by Gasteiger charge is -2.21. The van der Waals surface area contributed by atoms with Crippen molar-refractivity contribution in [1.82, 2.24) is 10.6 Å². The molecule has 0 unspecified atom stereocenters. The molecule has 0 spiro atoms. The standard InChI is InChI=1S/C9H18N2O2.CH3NO2/c1-9(2,3)13-8(12)11-7-4-5-10-6-7;2-1(3)4/h7,10H,4-6H2,1-3H3,(H,11,12);2H2,(H,3,4)/t7-;/m0./s1. The largest absolute Gasteiger partial charge is 0.465 e. The smallest absolute Gasteiger partial charge is 0.407 e. The van der Waals surface area contributed by atoms with Gasteiger partial charge in [-0.25, -0.2) is 9.59 Å². The van der Waals surface area contributed by atoms with E-state index in [2.05, 4.69) is 16.4 Å². The van der Waals surface area contributed by atoms with Gasteiger partial charge in [0.1, 0.15) is 5.60 Å². The van der Waals surface area contributed by atoms with E-state index in [0.29, 0.717) is 0 Å². The van der Waals surface area contributed by atoms with E-state index in [1.165, 1.54) is 0 Å². The second-order valence-corrected chi connectivity index (χ2v) is 4.67. The van der Waals surface area contributed by atoms with Crippen molar-refractivity contribution in [3.05, 3.63) is 0 Å². The highest BCUT2D eigenvalue weighted by Gasteiger charge is 2.21. The Morgan fingerprint density at radius 3 is 2.35 bits per heavy atom. The van der Waals surface area contributed by atoms with E-state index in [9.17, 15) is 4.79 Å². The normalized spacial score (nSPS) is 18.9. The van der Waals surface area contributed by atoms with Crippen molar-refractivity contribution >= 4 is 12.2 Å². The molecule has 1 atom stereocenters. The zero-order chi connectivity index (χ0) is 13.5. The van der Waals surface area contributed by atoms with Crippen LogP contribution < -0.4 is 16.4 Å². The molecule has 0 bridgehead atoms. The minimum absolute atomic E-state index is 0.231. The molecule has 1 saturated heterocycles. The zero-order valence-corrected chi connectivity index (χ0v) is 10.4. The number of rotatable bonds is 1. The highest BCUT2D eigenvalue weighted by atomic mass is 16.6. The molecule has 0 aromatic rings. The number of hydrogen-bond donors (Lipinski definition) is 4. The first-order valence-corrected chi connectivity index (χ1v) is 5.39. The summed E-state index contributed by atoms with van der Waals surface area (Å²) in [5, 5.41) is 13.2. The molecular weight excluding hydrogens is 226 g/mol. The van der Waals surface area contributed by atoms with E-state index < -0.39 is 11.7 Å². The van der Waals surface area contributed by atoms with Crippen molar-refractivity contribution in [2.24, 2.45) is 5.73 Å². The van der Waals surface area contributed by atoms with Crippen LogP contribution in [-0.4, -0.2) is 42.0 Å². The molecule has 1 aliphatic rings. The fourth-order valence-electron chi connectivity index (χ4n) is 1.25. The van der Waals surface area contributed by atoms with Gasteiger partial charge in [0, 0.05) is 12.6 Å². The fourth-order valence-corrected chi connectivity index (χ4v) is 1.25. The number of nitrogens with one attached hydrogen (secondary N) is 2. The summed E-state index contributed by atoms with van der Waals surface area (Å²) in [4.78, 5) is 20.0. The monoisotopic (exact) mass is 247 g/mol. The Morgan fingerprint density at radius 1 is 1.47 bits per heavy atom. The van der Waals surface area contributed by atoms with Gasteiger partial charge in [-0.3, -0.25) is 0 Å². The number of carboxylic acid groups (broad SMARTS) is 1. The van der Waals surface area contributed by atoms with Gasteiger partial charge in [0.05, 0.1) is 0 Å². The molecule has 1 rings (SSSR count). The molecule has 0 aliphatic carbocycles. The minimum Gasteiger partial charge on any atom is -0.465 e. The third kappa shape index (κ3) is 10.8. The van der Waals surface area contributed by atoms with Gasteiger partial charge >= 0.3 is 12.2 Å². The summed E-state index contributed by atoms with van der Waals surface area (Å²) in [6.07, 6.45) is -0.666. The van der Waals surface area contributed by atoms with Gasteiger partial charge in [0.15, 0.2) is 0 Å². The molecule has 17 heavy (non-hydrogen) atoms. The summed E-state index contributed by atoms with van der Waals surface area (Å²) in [5.41, 5.74) is 3.62. The molecule has 5 N–H and O–H groups in total. The Labute approximate surface area is 101 Å². The lowest BCUT2D eigenvalue weighted by molar-refractivity contribution is 0.0508. The molecule has 1 heterocycles. The van der Waals surface area contributed by atoms with Crippen LogP contribution in [0.4, 0.5) is 9.59 Å². The molecule has 1 fully saturated rings. The van der Waals surface area contributed by atoms with E-state index in [1.54, 1.807) is 0 Å². The first kappa shape index (κ1) is 15.5. The second kappa shape index (κ2) is 6.95. The average Bonchev–Trinajstić information content (AvgIpc) is 2.50. The molecule has 0 radical (unpaired) electrons. The summed E-state index contributed by atoms with van der Waals surface area (Å²) in [6.45, 7) is 7.40. The van der Waals surface area contributed by atoms with Gasteiger partial charge in [-0.05, 0) is 33.7 Å². The van der Waals surface area contributed by atoms with Crippen LogP contribution >= 0.6 is 0 Å². The number of carbonyl (C=O) groups excluding carboxylic acids is 1. The maximum Gasteiger partial charge on any atom is 0.407 e. The summed E-state index contributed by atoms with van der Waals surface area (Å²) < 4.78 is 5.12. The number of nitrogens with two attached hydrogens (primary N) is 1. The van der Waals surface area contributed by atoms with Crippen LogP contribution in [0.2, 0.25) is 0 Å². The molecule has 1 aliphatic heterocycles. The Bertz CT molecular complexity index is 253. The van der Waals surface area contributed by atoms with Crippen LogP contribution in [0.1, 0.15) is 27.2 Å². The Kier molecular flexibility index (Phi) is 6.34. The van der Waals surface area contributed by atoms with Crippen molar-refractivity contribution in [2.45, 2.75) is 38.8 Å². The van der Waals surface area contributed by atoms with Gasteiger partial charge in [-0.15, -0.1) is 0 Å². The maximum atomic E-state index is 11.3. The van der Waals surface area contributed by atoms with Crippen LogP contribution in [0, 0.1) is 0 Å². The minimum atomic E-state index is -1.33. The van der Waals surface area contributed by atoms with Crippen molar-refractivity contribution < 1.29 is 19.4 Å². The fraction of sp³-hybridized carbons (Fsp3) is 0.800. The summed E-state index contributed by atoms with van der Waals surface area (Å²) in [5.74, 6) is 0. The van der Waals surface area contributed by atoms with Crippen LogP contribution in [0.25, 0.3) is 0 Å². The molecule has 100 valence electrons. The Balaban J connectivity index is 0.000000557. The van der Waals surface area contributed by atoms with Crippen molar-refractivity contribution in [2.75, 3.05) is 13.1 Å². The predicted octanol–water partition coefficient (Wildman–Crippen LogP) is 0.496. The second-order valence-electron chi connectivity index (χ2n) is 4.67. The summed E-state index contributed by atoms with van der Waals surface area (Å²) in [7, 11) is 0. The van der Waals surface area contributed by atoms with Crippen molar-refractivity contribution in [3.63, 3.8) is 0 Å². The van der Waals surface area contributed by atoms with E-state index in [4.69, 9.17) is 14.6 Å². The molecule has 0 aromatic heterocycles. The van der Waals surface area contributed by atoms with Gasteiger partial charge in [0.25, 0.3) is 0 Å². The number of carbonyl (C=O) groups is 2. The van der Waals surface area contributed by atoms with Gasteiger partial charge in [-0.2, -0.15) is 0 Å². The van der Waals surface area contributed by atoms with Crippen LogP contribution in [0.15, 0.2) is 0 Å². The van der Waals surface area contributed by atoms with Gasteiger partial charge in [-0.1, -0.05) is 0 Å². The lowest BCUT2D eigenvalue weighted by atomic mass is 10.2. The maximum absolute atomic E-state index is 11.3. The predicted molar refractivity (Wildman–Crippen MR) is 62.9 cm³/mol. The van der Waals surface area contributed by atoms with Gasteiger partial charge in [0.2, 0.25) is 0 Å². The number of amides is 2. The van der Waals surface area contributed by atoms with Crippen LogP contribution in [-0.2, 0) is 4.74 Å². The highest BCUT2D eigenvalue weighted by Crippen LogP contribution is 2.07. The number of ether oxygens (including phenoxy) is 1. The van der Waals surface area contributed by atoms with E-state index in [1.807, 2.05) is 20.8 Å². The number of primary amides is 1. The van der Waals surface area contributed by atoms with Crippen LogP contribution in [0.5, 0.6) is 0 Å². The molecule has 0 aromatic carbocycles. The van der Waals surface area contributed by atoms with E-state index >= 15 is 0 Å². The number of hydrogen-bond acceptors (Lipinski definition) is 4. The summed E-state index contributed by atoms with van der Waals surface area (Å²) in [6, 6.07) is 0.231.